The zero-order chi connectivity index (χ0) is 20.1. The van der Waals surface area contributed by atoms with Gasteiger partial charge in [-0.05, 0) is 43.3 Å². The monoisotopic (exact) mass is 417 g/mol. The molecule has 9 heteroatoms. The second kappa shape index (κ2) is 8.57. The number of sulfone groups is 1. The van der Waals surface area contributed by atoms with Crippen molar-refractivity contribution in [3.63, 3.8) is 0 Å². The van der Waals surface area contributed by atoms with Crippen molar-refractivity contribution in [2.24, 2.45) is 0 Å². The molecule has 0 bridgehead atoms. The molecule has 0 saturated carbocycles. The highest BCUT2D eigenvalue weighted by atomic mass is 32.2. The molecule has 0 atom stereocenters. The average molecular weight is 418 g/mol. The van der Waals surface area contributed by atoms with Crippen LogP contribution in [0.15, 0.2) is 62.7 Å². The van der Waals surface area contributed by atoms with Crippen LogP contribution in [-0.2, 0) is 14.6 Å². The molecule has 0 unspecified atom stereocenters. The number of rotatable bonds is 7. The molecule has 0 saturated heterocycles. The van der Waals surface area contributed by atoms with Gasteiger partial charge in [0.15, 0.2) is 9.84 Å². The molecule has 0 aliphatic carbocycles. The molecule has 146 valence electrons. The summed E-state index contributed by atoms with van der Waals surface area (Å²) in [7, 11) is -3.27. The Kier molecular flexibility index (Phi) is 6.15. The first-order valence-corrected chi connectivity index (χ1v) is 11.2. The fourth-order valence-electron chi connectivity index (χ4n) is 2.30. The van der Waals surface area contributed by atoms with Crippen LogP contribution in [0.5, 0.6) is 0 Å². The van der Waals surface area contributed by atoms with Crippen molar-refractivity contribution in [2.45, 2.75) is 23.6 Å². The molecular weight excluding hydrogens is 398 g/mol. The number of carbonyl (C=O) groups is 1. The number of nitrogens with zero attached hydrogens (tertiary/aromatic N) is 2. The highest BCUT2D eigenvalue weighted by Crippen LogP contribution is 2.23. The Balaban J connectivity index is 1.60. The van der Waals surface area contributed by atoms with E-state index in [0.29, 0.717) is 5.56 Å². The number of hydrogen-bond acceptors (Lipinski definition) is 7. The van der Waals surface area contributed by atoms with Gasteiger partial charge in [-0.25, -0.2) is 8.42 Å². The summed E-state index contributed by atoms with van der Waals surface area (Å²) in [5, 5.41) is 10.3. The predicted molar refractivity (Wildman–Crippen MR) is 108 cm³/mol. The largest absolute Gasteiger partial charge is 0.403 e. The standard InChI is InChI=1S/C19H19N3O4S2/c1-3-28(24,25)16-10-6-14(7-11-16)18-21-22-19(26-18)20-17(23)12-27-15-8-4-13(2)5-9-15/h4-11H,3,12H2,1-2H3,(H,20,22,23). The molecule has 0 spiro atoms. The molecule has 1 heterocycles. The van der Waals surface area contributed by atoms with E-state index in [-0.39, 0.29) is 34.2 Å². The number of amides is 1. The molecule has 7 nitrogen and oxygen atoms in total. The topological polar surface area (TPSA) is 102 Å². The fourth-order valence-corrected chi connectivity index (χ4v) is 3.88. The quantitative estimate of drug-likeness (QED) is 0.586. The van der Waals surface area contributed by atoms with Crippen LogP contribution in [0.2, 0.25) is 0 Å². The van der Waals surface area contributed by atoms with E-state index < -0.39 is 9.84 Å². The predicted octanol–water partition coefficient (Wildman–Crippen LogP) is 3.57. The van der Waals surface area contributed by atoms with E-state index in [0.717, 1.165) is 10.5 Å². The van der Waals surface area contributed by atoms with Gasteiger partial charge in [-0.1, -0.05) is 29.7 Å². The number of nitrogens with one attached hydrogen (secondary N) is 1. The van der Waals surface area contributed by atoms with Crippen LogP contribution in [0.4, 0.5) is 6.01 Å². The van der Waals surface area contributed by atoms with E-state index >= 15 is 0 Å². The van der Waals surface area contributed by atoms with Gasteiger partial charge < -0.3 is 4.42 Å². The van der Waals surface area contributed by atoms with Crippen LogP contribution >= 0.6 is 11.8 Å². The Morgan fingerprint density at radius 2 is 1.75 bits per heavy atom. The summed E-state index contributed by atoms with van der Waals surface area (Å²) in [5.41, 5.74) is 1.73. The zero-order valence-corrected chi connectivity index (χ0v) is 17.0. The molecule has 28 heavy (non-hydrogen) atoms. The van der Waals surface area contributed by atoms with E-state index in [9.17, 15) is 13.2 Å². The first kappa shape index (κ1) is 20.1. The van der Waals surface area contributed by atoms with Crippen molar-refractivity contribution in [1.82, 2.24) is 10.2 Å². The maximum Gasteiger partial charge on any atom is 0.322 e. The third-order valence-electron chi connectivity index (χ3n) is 3.90. The summed E-state index contributed by atoms with van der Waals surface area (Å²) in [6.07, 6.45) is 0. The molecule has 1 N–H and O–H groups in total. The van der Waals surface area contributed by atoms with Gasteiger partial charge in [0.1, 0.15) is 0 Å². The van der Waals surface area contributed by atoms with E-state index in [1.54, 1.807) is 19.1 Å². The summed E-state index contributed by atoms with van der Waals surface area (Å²) in [6, 6.07) is 14.1. The summed E-state index contributed by atoms with van der Waals surface area (Å²) >= 11 is 1.41. The Morgan fingerprint density at radius 3 is 2.39 bits per heavy atom. The fraction of sp³-hybridized carbons (Fsp3) is 0.211. The van der Waals surface area contributed by atoms with Crippen LogP contribution in [0.1, 0.15) is 12.5 Å². The zero-order valence-electron chi connectivity index (χ0n) is 15.4. The van der Waals surface area contributed by atoms with E-state index in [1.807, 2.05) is 31.2 Å². The molecule has 2 aromatic carbocycles. The molecule has 0 aliphatic heterocycles. The van der Waals surface area contributed by atoms with E-state index in [1.165, 1.54) is 23.9 Å². The van der Waals surface area contributed by atoms with Gasteiger partial charge in [-0.2, -0.15) is 0 Å². The third kappa shape index (κ3) is 4.99. The maximum absolute atomic E-state index is 12.1. The number of aryl methyl sites for hydroxylation is 1. The molecule has 0 radical (unpaired) electrons. The minimum absolute atomic E-state index is 0.00485. The summed E-state index contributed by atoms with van der Waals surface area (Å²) in [6.45, 7) is 3.60. The minimum Gasteiger partial charge on any atom is -0.403 e. The van der Waals surface area contributed by atoms with Gasteiger partial charge in [-0.3, -0.25) is 10.1 Å². The first-order valence-electron chi connectivity index (χ1n) is 8.53. The van der Waals surface area contributed by atoms with Crippen molar-refractivity contribution in [1.29, 1.82) is 0 Å². The smallest absolute Gasteiger partial charge is 0.322 e. The van der Waals surface area contributed by atoms with Crippen molar-refractivity contribution in [3.8, 4) is 11.5 Å². The van der Waals surface area contributed by atoms with Crippen LogP contribution in [0, 0.1) is 6.92 Å². The van der Waals surface area contributed by atoms with Gasteiger partial charge in [-0.15, -0.1) is 16.9 Å². The second-order valence-corrected chi connectivity index (χ2v) is 9.32. The normalized spacial score (nSPS) is 11.4. The second-order valence-electron chi connectivity index (χ2n) is 5.99. The van der Waals surface area contributed by atoms with Crippen molar-refractivity contribution < 1.29 is 17.6 Å². The number of aromatic nitrogens is 2. The van der Waals surface area contributed by atoms with Crippen molar-refractivity contribution >= 4 is 33.5 Å². The minimum atomic E-state index is -3.27. The summed E-state index contributed by atoms with van der Waals surface area (Å²) in [5.74, 6) is 0.181. The molecule has 3 aromatic rings. The van der Waals surface area contributed by atoms with Gasteiger partial charge in [0.2, 0.25) is 11.8 Å². The van der Waals surface area contributed by atoms with Gasteiger partial charge >= 0.3 is 6.01 Å². The molecule has 0 aliphatic rings. The Hall–Kier alpha value is -2.65. The number of thioether (sulfide) groups is 1. The van der Waals surface area contributed by atoms with Crippen LogP contribution in [0.3, 0.4) is 0 Å². The third-order valence-corrected chi connectivity index (χ3v) is 6.67. The van der Waals surface area contributed by atoms with E-state index in [4.69, 9.17) is 4.42 Å². The highest BCUT2D eigenvalue weighted by molar-refractivity contribution is 8.00. The Labute approximate surface area is 167 Å². The average Bonchev–Trinajstić information content (AvgIpc) is 3.16. The van der Waals surface area contributed by atoms with Gasteiger partial charge in [0.25, 0.3) is 0 Å². The van der Waals surface area contributed by atoms with Crippen molar-refractivity contribution in [2.75, 3.05) is 16.8 Å². The molecule has 0 fully saturated rings. The maximum atomic E-state index is 12.1. The Bertz CT molecular complexity index is 1060. The highest BCUT2D eigenvalue weighted by Gasteiger charge is 2.14. The molecule has 1 aromatic heterocycles. The molecular formula is C19H19N3O4S2. The lowest BCUT2D eigenvalue weighted by atomic mass is 10.2. The van der Waals surface area contributed by atoms with E-state index in [2.05, 4.69) is 15.5 Å². The van der Waals surface area contributed by atoms with Crippen LogP contribution in [-0.4, -0.2) is 36.0 Å². The Morgan fingerprint density at radius 1 is 1.07 bits per heavy atom. The SMILES string of the molecule is CCS(=O)(=O)c1ccc(-c2nnc(NC(=O)CSc3ccc(C)cc3)o2)cc1. The van der Waals surface area contributed by atoms with Gasteiger partial charge in [0.05, 0.1) is 16.4 Å². The van der Waals surface area contributed by atoms with Crippen LogP contribution < -0.4 is 5.32 Å². The summed E-state index contributed by atoms with van der Waals surface area (Å²) < 4.78 is 29.2. The molecule has 1 amide bonds. The number of anilines is 1. The van der Waals surface area contributed by atoms with Gasteiger partial charge in [0, 0.05) is 10.5 Å². The number of hydrogen-bond donors (Lipinski definition) is 1. The lowest BCUT2D eigenvalue weighted by Gasteiger charge is -2.02. The number of carbonyl (C=O) groups excluding carboxylic acids is 1. The molecule has 3 rings (SSSR count). The first-order chi connectivity index (χ1) is 13.4. The van der Waals surface area contributed by atoms with Crippen LogP contribution in [0.25, 0.3) is 11.5 Å². The summed E-state index contributed by atoms with van der Waals surface area (Å²) in [4.78, 5) is 13.3. The lowest BCUT2D eigenvalue weighted by Crippen LogP contribution is -2.14. The van der Waals surface area contributed by atoms with Crippen molar-refractivity contribution in [3.05, 3.63) is 54.1 Å². The lowest BCUT2D eigenvalue weighted by molar-refractivity contribution is -0.113. The number of benzene rings is 2.